The molecule has 0 fully saturated rings. The first-order chi connectivity index (χ1) is 13.4. The van der Waals surface area contributed by atoms with Crippen LogP contribution >= 0.6 is 23.1 Å². The minimum Gasteiger partial charge on any atom is -0.354 e. The Morgan fingerprint density at radius 3 is 2.57 bits per heavy atom. The summed E-state index contributed by atoms with van der Waals surface area (Å²) in [5.41, 5.74) is 0.779. The van der Waals surface area contributed by atoms with Crippen molar-refractivity contribution in [1.82, 2.24) is 10.0 Å². The molecule has 0 aliphatic rings. The molecule has 2 aromatic rings. The molecule has 2 N–H and O–H groups in total. The number of nitrogens with one attached hydrogen (secondary N) is 2. The second kappa shape index (κ2) is 11.4. The number of rotatable bonds is 11. The molecule has 5 nitrogen and oxygen atoms in total. The van der Waals surface area contributed by atoms with Crippen molar-refractivity contribution in [2.45, 2.75) is 25.6 Å². The van der Waals surface area contributed by atoms with Crippen LogP contribution in [0, 0.1) is 5.92 Å². The van der Waals surface area contributed by atoms with Crippen molar-refractivity contribution in [3.63, 3.8) is 0 Å². The largest absolute Gasteiger partial charge is 0.354 e. The molecular weight excluding hydrogens is 412 g/mol. The Hall–Kier alpha value is -1.61. The summed E-state index contributed by atoms with van der Waals surface area (Å²) < 4.78 is 27.2. The molecular formula is C20H26N2O3S3. The van der Waals surface area contributed by atoms with Gasteiger partial charge < -0.3 is 5.32 Å². The van der Waals surface area contributed by atoms with Crippen molar-refractivity contribution in [3.8, 4) is 0 Å². The molecule has 0 aliphatic heterocycles. The Labute approximate surface area is 175 Å². The fourth-order valence-corrected chi connectivity index (χ4v) is 5.21. The number of sulfonamides is 1. The highest BCUT2D eigenvalue weighted by molar-refractivity contribution is 7.98. The van der Waals surface area contributed by atoms with E-state index in [1.165, 1.54) is 11.0 Å². The Morgan fingerprint density at radius 1 is 1.18 bits per heavy atom. The van der Waals surface area contributed by atoms with E-state index in [4.69, 9.17) is 0 Å². The zero-order chi connectivity index (χ0) is 20.4. The van der Waals surface area contributed by atoms with Crippen LogP contribution in [0.25, 0.3) is 6.08 Å². The van der Waals surface area contributed by atoms with E-state index in [1.54, 1.807) is 23.1 Å². The normalized spacial score (nSPS) is 13.1. The van der Waals surface area contributed by atoms with Gasteiger partial charge in [0.2, 0.25) is 15.9 Å². The Morgan fingerprint density at radius 2 is 1.93 bits per heavy atom. The Bertz CT molecular complexity index is 848. The maximum atomic E-state index is 12.5. The molecule has 2 rings (SSSR count). The van der Waals surface area contributed by atoms with Gasteiger partial charge in [-0.25, -0.2) is 8.42 Å². The van der Waals surface area contributed by atoms with Gasteiger partial charge in [0.25, 0.3) is 0 Å². The summed E-state index contributed by atoms with van der Waals surface area (Å²) in [6, 6.07) is 12.5. The number of thioether (sulfide) groups is 1. The first-order valence-electron chi connectivity index (χ1n) is 9.00. The monoisotopic (exact) mass is 438 g/mol. The third kappa shape index (κ3) is 8.18. The first kappa shape index (κ1) is 22.7. The van der Waals surface area contributed by atoms with E-state index in [9.17, 15) is 13.2 Å². The van der Waals surface area contributed by atoms with E-state index in [0.29, 0.717) is 6.54 Å². The van der Waals surface area contributed by atoms with Gasteiger partial charge in [0.05, 0.1) is 0 Å². The lowest BCUT2D eigenvalue weighted by molar-refractivity contribution is -0.123. The van der Waals surface area contributed by atoms with Crippen LogP contribution < -0.4 is 10.0 Å². The van der Waals surface area contributed by atoms with Gasteiger partial charge in [-0.1, -0.05) is 50.2 Å². The molecule has 1 aromatic heterocycles. The molecule has 0 spiro atoms. The highest BCUT2D eigenvalue weighted by Gasteiger charge is 2.25. The number of carbonyl (C=O) groups is 1. The van der Waals surface area contributed by atoms with Crippen molar-refractivity contribution in [1.29, 1.82) is 0 Å². The molecule has 1 amide bonds. The first-order valence-corrected chi connectivity index (χ1v) is 12.6. The van der Waals surface area contributed by atoms with Gasteiger partial charge >= 0.3 is 0 Å². The lowest BCUT2D eigenvalue weighted by Crippen LogP contribution is -2.49. The molecule has 0 saturated heterocycles. The lowest BCUT2D eigenvalue weighted by atomic mass is 10.1. The third-order valence-corrected chi connectivity index (χ3v) is 6.99. The standard InChI is InChI=1S/C20H26N2O3S3/c1-16(2)19(20(23)21-11-13-26-15-18-9-6-12-27-18)22-28(24,25)14-10-17-7-4-3-5-8-17/h3-10,12,14,16,19,22H,11,13,15H2,1-2H3,(H,21,23)/b14-10+/t19-/m0/s1. The molecule has 28 heavy (non-hydrogen) atoms. The SMILES string of the molecule is CC(C)[C@H](NS(=O)(=O)/C=C/c1ccccc1)C(=O)NCCSCc1cccs1. The predicted molar refractivity (Wildman–Crippen MR) is 120 cm³/mol. The van der Waals surface area contributed by atoms with Crippen molar-refractivity contribution in [2.24, 2.45) is 5.92 Å². The molecule has 152 valence electrons. The molecule has 0 bridgehead atoms. The zero-order valence-corrected chi connectivity index (χ0v) is 18.4. The summed E-state index contributed by atoms with van der Waals surface area (Å²) in [6.07, 6.45) is 1.51. The highest BCUT2D eigenvalue weighted by Crippen LogP contribution is 2.16. The van der Waals surface area contributed by atoms with Gasteiger partial charge in [-0.2, -0.15) is 16.5 Å². The molecule has 1 heterocycles. The highest BCUT2D eigenvalue weighted by atomic mass is 32.2. The van der Waals surface area contributed by atoms with Gasteiger partial charge in [0, 0.05) is 28.3 Å². The third-order valence-electron chi connectivity index (χ3n) is 3.85. The van der Waals surface area contributed by atoms with E-state index in [2.05, 4.69) is 16.1 Å². The predicted octanol–water partition coefficient (Wildman–Crippen LogP) is 3.71. The minimum atomic E-state index is -3.73. The lowest BCUT2D eigenvalue weighted by Gasteiger charge is -2.20. The fourth-order valence-electron chi connectivity index (χ4n) is 2.36. The molecule has 0 unspecified atom stereocenters. The van der Waals surface area contributed by atoms with Crippen LogP contribution in [0.1, 0.15) is 24.3 Å². The van der Waals surface area contributed by atoms with E-state index < -0.39 is 16.1 Å². The molecule has 1 atom stereocenters. The van der Waals surface area contributed by atoms with Gasteiger partial charge in [0.15, 0.2) is 0 Å². The van der Waals surface area contributed by atoms with Crippen molar-refractivity contribution in [3.05, 3.63) is 63.7 Å². The van der Waals surface area contributed by atoms with Crippen LogP contribution in [0.3, 0.4) is 0 Å². The summed E-state index contributed by atoms with van der Waals surface area (Å²) in [5.74, 6) is 1.22. The van der Waals surface area contributed by atoms with Crippen LogP contribution in [0.15, 0.2) is 53.3 Å². The van der Waals surface area contributed by atoms with E-state index in [0.717, 1.165) is 22.5 Å². The molecule has 1 aromatic carbocycles. The molecule has 0 saturated carbocycles. The minimum absolute atomic E-state index is 0.168. The Kier molecular flexibility index (Phi) is 9.24. The second-order valence-corrected chi connectivity index (χ2v) is 10.3. The van der Waals surface area contributed by atoms with Crippen LogP contribution in [0.2, 0.25) is 0 Å². The Balaban J connectivity index is 1.83. The van der Waals surface area contributed by atoms with Crippen LogP contribution in [0.5, 0.6) is 0 Å². The van der Waals surface area contributed by atoms with Gasteiger partial charge in [-0.15, -0.1) is 11.3 Å². The van der Waals surface area contributed by atoms with E-state index in [1.807, 2.05) is 55.6 Å². The van der Waals surface area contributed by atoms with Crippen LogP contribution in [0.4, 0.5) is 0 Å². The molecule has 0 aliphatic carbocycles. The van der Waals surface area contributed by atoms with Crippen molar-refractivity contribution >= 4 is 45.1 Å². The number of benzene rings is 1. The average molecular weight is 439 g/mol. The number of amides is 1. The summed E-state index contributed by atoms with van der Waals surface area (Å²) in [5, 5.41) is 5.98. The number of hydrogen-bond acceptors (Lipinski definition) is 5. The van der Waals surface area contributed by atoms with Gasteiger partial charge in [-0.05, 0) is 29.0 Å². The topological polar surface area (TPSA) is 75.3 Å². The molecule has 0 radical (unpaired) electrons. The smallest absolute Gasteiger partial charge is 0.238 e. The maximum absolute atomic E-state index is 12.5. The fraction of sp³-hybridized carbons (Fsp3) is 0.350. The summed E-state index contributed by atoms with van der Waals surface area (Å²) in [4.78, 5) is 13.8. The number of carbonyl (C=O) groups excluding carboxylic acids is 1. The number of hydrogen-bond donors (Lipinski definition) is 2. The maximum Gasteiger partial charge on any atom is 0.238 e. The van der Waals surface area contributed by atoms with E-state index >= 15 is 0 Å². The zero-order valence-electron chi connectivity index (χ0n) is 16.0. The quantitative estimate of drug-likeness (QED) is 0.525. The van der Waals surface area contributed by atoms with Gasteiger partial charge in [0.1, 0.15) is 6.04 Å². The van der Waals surface area contributed by atoms with Crippen molar-refractivity contribution in [2.75, 3.05) is 12.3 Å². The van der Waals surface area contributed by atoms with Crippen LogP contribution in [-0.2, 0) is 20.6 Å². The van der Waals surface area contributed by atoms with Gasteiger partial charge in [-0.3, -0.25) is 4.79 Å². The van der Waals surface area contributed by atoms with Crippen LogP contribution in [-0.4, -0.2) is 32.7 Å². The summed E-state index contributed by atoms with van der Waals surface area (Å²) in [6.45, 7) is 4.14. The molecule has 8 heteroatoms. The summed E-state index contributed by atoms with van der Waals surface area (Å²) in [7, 11) is -3.73. The number of thiophene rings is 1. The van der Waals surface area contributed by atoms with E-state index in [-0.39, 0.29) is 11.8 Å². The van der Waals surface area contributed by atoms with Crippen molar-refractivity contribution < 1.29 is 13.2 Å². The average Bonchev–Trinajstić information content (AvgIpc) is 3.18. The second-order valence-electron chi connectivity index (χ2n) is 6.52. The summed E-state index contributed by atoms with van der Waals surface area (Å²) >= 11 is 3.45.